The maximum atomic E-state index is 10.6. The molecule has 0 aliphatic rings. The van der Waals surface area contributed by atoms with Crippen molar-refractivity contribution < 1.29 is 9.53 Å². The van der Waals surface area contributed by atoms with Crippen molar-refractivity contribution in [1.29, 1.82) is 0 Å². The summed E-state index contributed by atoms with van der Waals surface area (Å²) >= 11 is 0. The number of aldehydes is 1. The molecule has 0 aliphatic heterocycles. The van der Waals surface area contributed by atoms with Crippen LogP contribution in [-0.2, 0) is 11.2 Å². The normalized spacial score (nSPS) is 10.4. The van der Waals surface area contributed by atoms with Gasteiger partial charge in [-0.25, -0.2) is 4.68 Å². The lowest BCUT2D eigenvalue weighted by Crippen LogP contribution is -2.03. The van der Waals surface area contributed by atoms with Crippen LogP contribution in [0.15, 0.2) is 30.5 Å². The number of methoxy groups -OCH3 is 1. The molecule has 0 spiro atoms. The number of carbonyl (C=O) groups is 1. The van der Waals surface area contributed by atoms with Crippen molar-refractivity contribution in [2.75, 3.05) is 13.7 Å². The molecular formula is C12H13N3O2. The Bertz CT molecular complexity index is 508. The molecule has 0 unspecified atom stereocenters. The van der Waals surface area contributed by atoms with Gasteiger partial charge in [0, 0.05) is 7.11 Å². The minimum Gasteiger partial charge on any atom is -0.384 e. The largest absolute Gasteiger partial charge is 0.384 e. The quantitative estimate of drug-likeness (QED) is 0.727. The molecule has 0 radical (unpaired) electrons. The lowest BCUT2D eigenvalue weighted by atomic mass is 10.1. The number of ether oxygens (including phenoxy) is 1. The van der Waals surface area contributed by atoms with E-state index in [1.165, 1.54) is 0 Å². The number of rotatable bonds is 5. The van der Waals surface area contributed by atoms with Crippen LogP contribution >= 0.6 is 0 Å². The summed E-state index contributed by atoms with van der Waals surface area (Å²) in [5, 5.41) is 7.67. The molecule has 88 valence electrons. The molecule has 17 heavy (non-hydrogen) atoms. The van der Waals surface area contributed by atoms with Gasteiger partial charge in [0.25, 0.3) is 0 Å². The van der Waals surface area contributed by atoms with Gasteiger partial charge in [0.2, 0.25) is 0 Å². The second kappa shape index (κ2) is 5.36. The fourth-order valence-electron chi connectivity index (χ4n) is 1.61. The fraction of sp³-hybridized carbons (Fsp3) is 0.250. The molecule has 0 aliphatic carbocycles. The first-order valence-electron chi connectivity index (χ1n) is 5.30. The molecule has 5 nitrogen and oxygen atoms in total. The molecule has 1 aromatic heterocycles. The maximum Gasteiger partial charge on any atom is 0.171 e. The molecule has 2 aromatic rings. The Morgan fingerprint density at radius 3 is 2.94 bits per heavy atom. The second-order valence-corrected chi connectivity index (χ2v) is 3.58. The van der Waals surface area contributed by atoms with E-state index in [0.717, 1.165) is 17.7 Å². The van der Waals surface area contributed by atoms with Crippen LogP contribution in [0.3, 0.4) is 0 Å². The predicted octanol–water partition coefficient (Wildman–Crippen LogP) is 1.27. The molecule has 0 saturated carbocycles. The predicted molar refractivity (Wildman–Crippen MR) is 62.3 cm³/mol. The van der Waals surface area contributed by atoms with Crippen molar-refractivity contribution in [2.24, 2.45) is 0 Å². The Balaban J connectivity index is 2.33. The van der Waals surface area contributed by atoms with Gasteiger partial charge in [0.05, 0.1) is 18.5 Å². The molecule has 1 aromatic carbocycles. The van der Waals surface area contributed by atoms with Gasteiger partial charge in [0.1, 0.15) is 5.69 Å². The van der Waals surface area contributed by atoms with Crippen molar-refractivity contribution in [2.45, 2.75) is 6.42 Å². The van der Waals surface area contributed by atoms with Gasteiger partial charge in [0.15, 0.2) is 6.29 Å². The first kappa shape index (κ1) is 11.5. The van der Waals surface area contributed by atoms with Gasteiger partial charge < -0.3 is 4.74 Å². The van der Waals surface area contributed by atoms with Crippen molar-refractivity contribution >= 4 is 6.29 Å². The lowest BCUT2D eigenvalue weighted by Gasteiger charge is -2.07. The number of hydrogen-bond donors (Lipinski definition) is 0. The van der Waals surface area contributed by atoms with Crippen molar-refractivity contribution in [3.8, 4) is 5.69 Å². The molecule has 0 N–H and O–H groups in total. The third kappa shape index (κ3) is 2.57. The van der Waals surface area contributed by atoms with E-state index in [4.69, 9.17) is 4.74 Å². The number of benzene rings is 1. The Morgan fingerprint density at radius 2 is 2.24 bits per heavy atom. The molecule has 0 atom stereocenters. The maximum absolute atomic E-state index is 10.6. The van der Waals surface area contributed by atoms with E-state index in [2.05, 4.69) is 10.3 Å². The Kier molecular flexibility index (Phi) is 3.62. The van der Waals surface area contributed by atoms with E-state index in [-0.39, 0.29) is 0 Å². The highest BCUT2D eigenvalue weighted by Crippen LogP contribution is 2.14. The summed E-state index contributed by atoms with van der Waals surface area (Å²) in [5.41, 5.74) is 2.35. The molecule has 5 heteroatoms. The number of carbonyl (C=O) groups excluding carboxylic acids is 1. The first-order chi connectivity index (χ1) is 8.35. The highest BCUT2D eigenvalue weighted by Gasteiger charge is 2.06. The van der Waals surface area contributed by atoms with Crippen LogP contribution in [0.4, 0.5) is 0 Å². The fourth-order valence-corrected chi connectivity index (χ4v) is 1.61. The van der Waals surface area contributed by atoms with E-state index in [1.54, 1.807) is 18.0 Å². The first-order valence-corrected chi connectivity index (χ1v) is 5.30. The van der Waals surface area contributed by atoms with Crippen LogP contribution in [-0.4, -0.2) is 35.0 Å². The minimum atomic E-state index is 0.326. The third-order valence-corrected chi connectivity index (χ3v) is 2.45. The van der Waals surface area contributed by atoms with Crippen LogP contribution in [0, 0.1) is 0 Å². The summed E-state index contributed by atoms with van der Waals surface area (Å²) in [6.45, 7) is 0.645. The van der Waals surface area contributed by atoms with Crippen LogP contribution in [0.25, 0.3) is 5.69 Å². The standard InChI is InChI=1S/C12H13N3O2/c1-17-7-6-10-4-2-3-5-12(10)15-8-11(9-16)13-14-15/h2-5,8-9H,6-7H2,1H3. The van der Waals surface area contributed by atoms with Crippen LogP contribution in [0.5, 0.6) is 0 Å². The van der Waals surface area contributed by atoms with Crippen LogP contribution in [0.2, 0.25) is 0 Å². The summed E-state index contributed by atoms with van der Waals surface area (Å²) < 4.78 is 6.67. The number of nitrogens with zero attached hydrogens (tertiary/aromatic N) is 3. The van der Waals surface area contributed by atoms with Gasteiger partial charge in [-0.15, -0.1) is 5.10 Å². The Hall–Kier alpha value is -2.01. The van der Waals surface area contributed by atoms with Gasteiger partial charge >= 0.3 is 0 Å². The monoisotopic (exact) mass is 231 g/mol. The summed E-state index contributed by atoms with van der Waals surface area (Å²) in [6, 6.07) is 7.84. The summed E-state index contributed by atoms with van der Waals surface area (Å²) in [6.07, 6.45) is 3.09. The average Bonchev–Trinajstić information content (AvgIpc) is 2.85. The van der Waals surface area contributed by atoms with E-state index in [1.807, 2.05) is 24.3 Å². The summed E-state index contributed by atoms with van der Waals surface area (Å²) in [7, 11) is 1.67. The van der Waals surface area contributed by atoms with Crippen LogP contribution in [0.1, 0.15) is 16.1 Å². The van der Waals surface area contributed by atoms with Gasteiger partial charge in [-0.3, -0.25) is 4.79 Å². The van der Waals surface area contributed by atoms with Crippen molar-refractivity contribution in [3.63, 3.8) is 0 Å². The zero-order valence-electron chi connectivity index (χ0n) is 9.54. The van der Waals surface area contributed by atoms with E-state index >= 15 is 0 Å². The Morgan fingerprint density at radius 1 is 1.41 bits per heavy atom. The van der Waals surface area contributed by atoms with E-state index in [9.17, 15) is 4.79 Å². The number of hydrogen-bond acceptors (Lipinski definition) is 4. The second-order valence-electron chi connectivity index (χ2n) is 3.58. The minimum absolute atomic E-state index is 0.326. The van der Waals surface area contributed by atoms with Gasteiger partial charge in [-0.1, -0.05) is 23.4 Å². The molecule has 0 bridgehead atoms. The molecule has 1 heterocycles. The SMILES string of the molecule is COCCc1ccccc1-n1cc(C=O)nn1. The van der Waals surface area contributed by atoms with Crippen molar-refractivity contribution in [1.82, 2.24) is 15.0 Å². The molecule has 0 fully saturated rings. The van der Waals surface area contributed by atoms with Crippen LogP contribution < -0.4 is 0 Å². The molecule has 2 rings (SSSR count). The zero-order valence-corrected chi connectivity index (χ0v) is 9.54. The zero-order chi connectivity index (χ0) is 12.1. The average molecular weight is 231 g/mol. The Labute approximate surface area is 99.0 Å². The molecular weight excluding hydrogens is 218 g/mol. The highest BCUT2D eigenvalue weighted by molar-refractivity contribution is 5.70. The van der Waals surface area contributed by atoms with E-state index < -0.39 is 0 Å². The molecule has 0 amide bonds. The summed E-state index contributed by atoms with van der Waals surface area (Å²) in [5.74, 6) is 0. The summed E-state index contributed by atoms with van der Waals surface area (Å²) in [4.78, 5) is 10.6. The lowest BCUT2D eigenvalue weighted by molar-refractivity contribution is 0.111. The molecule has 0 saturated heterocycles. The smallest absolute Gasteiger partial charge is 0.171 e. The van der Waals surface area contributed by atoms with E-state index in [0.29, 0.717) is 18.6 Å². The highest BCUT2D eigenvalue weighted by atomic mass is 16.5. The topological polar surface area (TPSA) is 57.0 Å². The van der Waals surface area contributed by atoms with Crippen molar-refractivity contribution in [3.05, 3.63) is 41.7 Å². The third-order valence-electron chi connectivity index (χ3n) is 2.45. The van der Waals surface area contributed by atoms with Gasteiger partial charge in [-0.05, 0) is 18.1 Å². The van der Waals surface area contributed by atoms with Gasteiger partial charge in [-0.2, -0.15) is 0 Å². The number of aromatic nitrogens is 3. The number of para-hydroxylation sites is 1.